The van der Waals surface area contributed by atoms with E-state index in [4.69, 9.17) is 9.47 Å². The zero-order valence-electron chi connectivity index (χ0n) is 26.2. The van der Waals surface area contributed by atoms with Gasteiger partial charge in [-0.05, 0) is 43.2 Å². The summed E-state index contributed by atoms with van der Waals surface area (Å²) >= 11 is 1.74. The third kappa shape index (κ3) is 12.9. The summed E-state index contributed by atoms with van der Waals surface area (Å²) in [6.45, 7) is 7.99. The molecule has 0 saturated carbocycles. The number of carbonyl (C=O) groups excluding carboxylic acids is 1. The van der Waals surface area contributed by atoms with E-state index in [0.717, 1.165) is 35.7 Å². The van der Waals surface area contributed by atoms with Crippen LogP contribution in [0.15, 0.2) is 54.2 Å². The lowest BCUT2D eigenvalue weighted by Gasteiger charge is -2.22. The van der Waals surface area contributed by atoms with E-state index in [1.165, 1.54) is 81.1 Å². The van der Waals surface area contributed by atoms with Gasteiger partial charge in [0, 0.05) is 18.2 Å². The maximum absolute atomic E-state index is 12.6. The second-order valence-electron chi connectivity index (χ2n) is 11.1. The van der Waals surface area contributed by atoms with E-state index in [0.29, 0.717) is 13.2 Å². The molecule has 0 unspecified atom stereocenters. The molecular formula is C35H51BrN2O3S. The Kier molecular flexibility index (Phi) is 17.5. The van der Waals surface area contributed by atoms with Gasteiger partial charge in [0.25, 0.3) is 0 Å². The molecule has 232 valence electrons. The maximum atomic E-state index is 12.6. The predicted octanol–water partition coefficient (Wildman–Crippen LogP) is 6.04. The summed E-state index contributed by atoms with van der Waals surface area (Å²) in [7, 11) is 1.67. The lowest BCUT2D eigenvalue weighted by molar-refractivity contribution is -0.683. The zero-order valence-corrected chi connectivity index (χ0v) is 28.6. The summed E-state index contributed by atoms with van der Waals surface area (Å²) in [5, 5.41) is 0. The van der Waals surface area contributed by atoms with Gasteiger partial charge in [-0.3, -0.25) is 4.79 Å². The molecule has 1 aromatic heterocycles. The SMILES string of the molecule is CCCCCCCCCCCCCCOc1cc(CN(C(C)=O)c2ccc(C[n+]3csc(C)c3)cc2)ccc1OC.[Br-]. The van der Waals surface area contributed by atoms with Crippen LogP contribution < -0.4 is 35.9 Å². The minimum Gasteiger partial charge on any atom is -1.00 e. The first-order chi connectivity index (χ1) is 20.0. The number of methoxy groups -OCH3 is 1. The molecule has 0 N–H and O–H groups in total. The monoisotopic (exact) mass is 658 g/mol. The number of carbonyl (C=O) groups is 1. The number of amides is 1. The largest absolute Gasteiger partial charge is 1.00 e. The van der Waals surface area contributed by atoms with Crippen molar-refractivity contribution >= 4 is 22.9 Å². The minimum atomic E-state index is 0. The Labute approximate surface area is 269 Å². The van der Waals surface area contributed by atoms with Crippen LogP contribution in [0.4, 0.5) is 5.69 Å². The van der Waals surface area contributed by atoms with Crippen molar-refractivity contribution in [1.29, 1.82) is 0 Å². The molecule has 5 nitrogen and oxygen atoms in total. The van der Waals surface area contributed by atoms with Gasteiger partial charge in [0.15, 0.2) is 24.2 Å². The lowest BCUT2D eigenvalue weighted by Crippen LogP contribution is -3.00. The maximum Gasteiger partial charge on any atom is 0.225 e. The molecule has 42 heavy (non-hydrogen) atoms. The lowest BCUT2D eigenvalue weighted by atomic mass is 10.1. The third-order valence-corrected chi connectivity index (χ3v) is 8.39. The highest BCUT2D eigenvalue weighted by Crippen LogP contribution is 2.30. The average Bonchev–Trinajstić information content (AvgIpc) is 3.38. The quantitative estimate of drug-likeness (QED) is 0.110. The molecule has 3 rings (SSSR count). The molecule has 0 atom stereocenters. The van der Waals surface area contributed by atoms with Gasteiger partial charge >= 0.3 is 0 Å². The number of rotatable bonds is 20. The normalized spacial score (nSPS) is 10.8. The Morgan fingerprint density at radius 2 is 1.43 bits per heavy atom. The van der Waals surface area contributed by atoms with Crippen molar-refractivity contribution in [3.63, 3.8) is 0 Å². The highest BCUT2D eigenvalue weighted by atomic mass is 79.9. The van der Waals surface area contributed by atoms with Crippen molar-refractivity contribution in [1.82, 2.24) is 0 Å². The third-order valence-electron chi connectivity index (χ3n) is 7.54. The van der Waals surface area contributed by atoms with E-state index >= 15 is 0 Å². The topological polar surface area (TPSA) is 42.7 Å². The van der Waals surface area contributed by atoms with E-state index in [2.05, 4.69) is 42.3 Å². The summed E-state index contributed by atoms with van der Waals surface area (Å²) in [6, 6.07) is 14.2. The fourth-order valence-corrected chi connectivity index (χ4v) is 5.78. The van der Waals surface area contributed by atoms with E-state index < -0.39 is 0 Å². The summed E-state index contributed by atoms with van der Waals surface area (Å²) in [5.74, 6) is 1.48. The molecular weight excluding hydrogens is 608 g/mol. The number of aryl methyl sites for hydroxylation is 1. The first kappa shape index (κ1) is 35.8. The molecule has 0 aliphatic heterocycles. The Hall–Kier alpha value is -2.38. The molecule has 0 saturated heterocycles. The van der Waals surface area contributed by atoms with Crippen molar-refractivity contribution < 1.29 is 35.8 Å². The molecule has 0 fully saturated rings. The number of thiazole rings is 1. The molecule has 0 aliphatic carbocycles. The summed E-state index contributed by atoms with van der Waals surface area (Å²) in [4.78, 5) is 15.7. The van der Waals surface area contributed by atoms with Crippen LogP contribution in [0.2, 0.25) is 0 Å². The van der Waals surface area contributed by atoms with E-state index in [9.17, 15) is 4.79 Å². The van der Waals surface area contributed by atoms with Gasteiger partial charge in [-0.2, -0.15) is 4.57 Å². The Balaban J connectivity index is 0.00000616. The van der Waals surface area contributed by atoms with Crippen LogP contribution >= 0.6 is 11.3 Å². The van der Waals surface area contributed by atoms with Gasteiger partial charge in [-0.25, -0.2) is 0 Å². The summed E-state index contributed by atoms with van der Waals surface area (Å²) in [5.41, 5.74) is 5.24. The van der Waals surface area contributed by atoms with Crippen LogP contribution in [-0.4, -0.2) is 19.6 Å². The molecule has 1 amide bonds. The number of nitrogens with zero attached hydrogens (tertiary/aromatic N) is 2. The van der Waals surface area contributed by atoms with Gasteiger partial charge in [-0.15, -0.1) is 0 Å². The number of unbranched alkanes of at least 4 members (excludes halogenated alkanes) is 11. The number of ether oxygens (including phenoxy) is 2. The van der Waals surface area contributed by atoms with Crippen molar-refractivity contribution in [2.24, 2.45) is 0 Å². The molecule has 0 spiro atoms. The average molecular weight is 660 g/mol. The smallest absolute Gasteiger partial charge is 0.225 e. The molecule has 3 aromatic rings. The molecule has 7 heteroatoms. The Morgan fingerprint density at radius 1 is 0.833 bits per heavy atom. The van der Waals surface area contributed by atoms with Crippen LogP contribution in [-0.2, 0) is 17.9 Å². The van der Waals surface area contributed by atoms with Crippen molar-refractivity contribution in [3.8, 4) is 11.5 Å². The van der Waals surface area contributed by atoms with Gasteiger partial charge in [0.1, 0.15) is 0 Å². The molecule has 0 radical (unpaired) electrons. The Morgan fingerprint density at radius 3 is 1.98 bits per heavy atom. The van der Waals surface area contributed by atoms with Crippen LogP contribution in [0, 0.1) is 6.92 Å². The van der Waals surface area contributed by atoms with Gasteiger partial charge < -0.3 is 31.4 Å². The van der Waals surface area contributed by atoms with E-state index in [-0.39, 0.29) is 22.9 Å². The second kappa shape index (κ2) is 20.5. The molecule has 1 heterocycles. The number of hydrogen-bond acceptors (Lipinski definition) is 4. The highest BCUT2D eigenvalue weighted by molar-refractivity contribution is 7.09. The number of anilines is 1. The zero-order chi connectivity index (χ0) is 29.3. The number of halogens is 1. The number of benzene rings is 2. The standard InChI is InChI=1S/C35H51N2O3S.BrH/c1-5-6-7-8-9-10-11-12-13-14-15-16-23-40-35-24-32(19-22-34(35)39-4)27-37(30(3)38)33-20-17-31(18-21-33)26-36-25-29(2)41-28-36;/h17-22,24-25,28H,5-16,23,26-27H2,1-4H3;1H/q+1;/p-1. The molecule has 0 aliphatic rings. The summed E-state index contributed by atoms with van der Waals surface area (Å²) < 4.78 is 13.9. The van der Waals surface area contributed by atoms with Crippen molar-refractivity contribution in [2.45, 2.75) is 111 Å². The summed E-state index contributed by atoms with van der Waals surface area (Å²) in [6.07, 6.45) is 18.0. The highest BCUT2D eigenvalue weighted by Gasteiger charge is 2.15. The van der Waals surface area contributed by atoms with Gasteiger partial charge in [-0.1, -0.05) is 107 Å². The first-order valence-electron chi connectivity index (χ1n) is 15.6. The van der Waals surface area contributed by atoms with Crippen LogP contribution in [0.5, 0.6) is 11.5 Å². The predicted molar refractivity (Wildman–Crippen MR) is 171 cm³/mol. The van der Waals surface area contributed by atoms with E-state index in [1.807, 2.05) is 35.2 Å². The minimum absolute atomic E-state index is 0. The second-order valence-corrected chi connectivity index (χ2v) is 12.2. The fraction of sp³-hybridized carbons (Fsp3) is 0.543. The number of hydrogen-bond donors (Lipinski definition) is 0. The van der Waals surface area contributed by atoms with Crippen molar-refractivity contribution in [3.05, 3.63) is 70.2 Å². The van der Waals surface area contributed by atoms with E-state index in [1.54, 1.807) is 25.4 Å². The first-order valence-corrected chi connectivity index (χ1v) is 16.5. The van der Waals surface area contributed by atoms with Gasteiger partial charge in [0.2, 0.25) is 11.4 Å². The fourth-order valence-electron chi connectivity index (χ4n) is 5.14. The van der Waals surface area contributed by atoms with Gasteiger partial charge in [0.05, 0.1) is 25.1 Å². The number of aromatic nitrogens is 1. The van der Waals surface area contributed by atoms with Crippen LogP contribution in [0.3, 0.4) is 0 Å². The molecule has 0 bridgehead atoms. The van der Waals surface area contributed by atoms with Crippen LogP contribution in [0.1, 0.15) is 107 Å². The Bertz CT molecular complexity index is 1170. The van der Waals surface area contributed by atoms with Crippen molar-refractivity contribution in [2.75, 3.05) is 18.6 Å². The van der Waals surface area contributed by atoms with Crippen LogP contribution in [0.25, 0.3) is 0 Å². The molecule has 2 aromatic carbocycles.